The lowest BCUT2D eigenvalue weighted by molar-refractivity contribution is -0.762. The van der Waals surface area contributed by atoms with Crippen molar-refractivity contribution in [2.75, 3.05) is 0 Å². The Balaban J connectivity index is 1.89. The van der Waals surface area contributed by atoms with Gasteiger partial charge in [-0.25, -0.2) is 0 Å². The molecule has 1 aliphatic carbocycles. The summed E-state index contributed by atoms with van der Waals surface area (Å²) in [6.45, 7) is 0.363. The summed E-state index contributed by atoms with van der Waals surface area (Å²) in [5.74, 6) is 0. The molecule has 0 bridgehead atoms. The highest BCUT2D eigenvalue weighted by atomic mass is 35.5. The van der Waals surface area contributed by atoms with Crippen molar-refractivity contribution >= 4 is 23.2 Å². The number of hydrogen-bond acceptors (Lipinski definition) is 2. The number of benzene rings is 1. The van der Waals surface area contributed by atoms with E-state index in [9.17, 15) is 5.11 Å². The largest absolute Gasteiger partial charge is 0.383 e. The van der Waals surface area contributed by atoms with Crippen molar-refractivity contribution in [3.8, 4) is 0 Å². The molecule has 1 fully saturated rings. The third-order valence-electron chi connectivity index (χ3n) is 3.90. The van der Waals surface area contributed by atoms with Gasteiger partial charge in [-0.1, -0.05) is 29.8 Å². The van der Waals surface area contributed by atoms with E-state index < -0.39 is 10.5 Å². The van der Waals surface area contributed by atoms with Crippen LogP contribution in [-0.4, -0.2) is 25.7 Å². The molecule has 1 saturated carbocycles. The van der Waals surface area contributed by atoms with Crippen LogP contribution >= 0.6 is 23.2 Å². The molecule has 0 amide bonds. The van der Waals surface area contributed by atoms with E-state index >= 15 is 0 Å². The van der Waals surface area contributed by atoms with Crippen LogP contribution in [0.4, 0.5) is 0 Å². The van der Waals surface area contributed by atoms with Crippen LogP contribution in [0.25, 0.3) is 0 Å². The lowest BCUT2D eigenvalue weighted by atomic mass is 9.89. The molecule has 4 nitrogen and oxygen atoms in total. The van der Waals surface area contributed by atoms with Gasteiger partial charge >= 0.3 is 6.33 Å². The highest BCUT2D eigenvalue weighted by Gasteiger charge is 2.59. The SMILES string of the molecule is O[C@](Cc1ccccc1Cl)(C[n+]1cnc[nH]1)C1(Cl)CC1. The Kier molecular flexibility index (Phi) is 3.48. The normalized spacial score (nSPS) is 19.6. The lowest BCUT2D eigenvalue weighted by Gasteiger charge is -2.31. The number of nitrogens with zero attached hydrogens (tertiary/aromatic N) is 2. The Labute approximate surface area is 127 Å². The molecule has 1 aromatic carbocycles. The molecule has 2 N–H and O–H groups in total. The first kappa shape index (κ1) is 13.9. The minimum atomic E-state index is -1.06. The molecule has 1 atom stereocenters. The summed E-state index contributed by atoms with van der Waals surface area (Å²) >= 11 is 12.7. The van der Waals surface area contributed by atoms with Gasteiger partial charge in [0.1, 0.15) is 12.1 Å². The fourth-order valence-corrected chi connectivity index (χ4v) is 2.93. The van der Waals surface area contributed by atoms with Crippen LogP contribution in [0.15, 0.2) is 36.9 Å². The molecule has 3 rings (SSSR count). The first-order chi connectivity index (χ1) is 9.52. The van der Waals surface area contributed by atoms with Crippen molar-refractivity contribution in [1.82, 2.24) is 10.1 Å². The van der Waals surface area contributed by atoms with Crippen LogP contribution < -0.4 is 4.68 Å². The maximum absolute atomic E-state index is 11.1. The van der Waals surface area contributed by atoms with Crippen molar-refractivity contribution in [3.05, 3.63) is 47.5 Å². The van der Waals surface area contributed by atoms with Crippen LogP contribution in [0.2, 0.25) is 5.02 Å². The average Bonchev–Trinajstić information content (AvgIpc) is 2.98. The number of H-pyrrole nitrogens is 1. The van der Waals surface area contributed by atoms with E-state index in [1.807, 2.05) is 24.3 Å². The number of aromatic nitrogens is 3. The van der Waals surface area contributed by atoms with Gasteiger partial charge in [0.15, 0.2) is 0 Å². The van der Waals surface area contributed by atoms with Gasteiger partial charge in [-0.2, -0.15) is 9.78 Å². The van der Waals surface area contributed by atoms with Crippen LogP contribution in [0.3, 0.4) is 0 Å². The van der Waals surface area contributed by atoms with E-state index in [1.54, 1.807) is 17.3 Å². The zero-order chi connectivity index (χ0) is 14.2. The summed E-state index contributed by atoms with van der Waals surface area (Å²) in [5.41, 5.74) is -0.153. The number of aromatic amines is 1. The minimum Gasteiger partial charge on any atom is -0.383 e. The highest BCUT2D eigenvalue weighted by Crippen LogP contribution is 2.52. The second kappa shape index (κ2) is 5.02. The minimum absolute atomic E-state index is 0.363. The quantitative estimate of drug-likeness (QED) is 0.656. The van der Waals surface area contributed by atoms with Crippen LogP contribution in [0, 0.1) is 0 Å². The second-order valence-corrected chi connectivity index (χ2v) is 6.55. The maximum atomic E-state index is 11.1. The lowest BCUT2D eigenvalue weighted by Crippen LogP contribution is -2.56. The molecule has 106 valence electrons. The summed E-state index contributed by atoms with van der Waals surface area (Å²) in [7, 11) is 0. The number of nitrogens with one attached hydrogen (secondary N) is 1. The molecular formula is C14H16Cl2N3O+. The Morgan fingerprint density at radius 3 is 2.75 bits per heavy atom. The van der Waals surface area contributed by atoms with Crippen molar-refractivity contribution in [2.24, 2.45) is 0 Å². The molecule has 0 spiro atoms. The second-order valence-electron chi connectivity index (χ2n) is 5.42. The van der Waals surface area contributed by atoms with Crippen molar-refractivity contribution in [3.63, 3.8) is 0 Å². The molecule has 0 radical (unpaired) electrons. The number of halogens is 2. The van der Waals surface area contributed by atoms with Gasteiger partial charge in [-0.05, 0) is 29.5 Å². The fourth-order valence-electron chi connectivity index (χ4n) is 2.51. The summed E-state index contributed by atoms with van der Waals surface area (Å²) < 4.78 is 1.74. The van der Waals surface area contributed by atoms with Crippen molar-refractivity contribution < 1.29 is 9.79 Å². The molecule has 2 aromatic rings. The predicted octanol–water partition coefficient (Wildman–Crippen LogP) is 2.10. The van der Waals surface area contributed by atoms with E-state index in [0.29, 0.717) is 18.0 Å². The van der Waals surface area contributed by atoms with Gasteiger partial charge in [0.25, 0.3) is 0 Å². The standard InChI is InChI=1S/C14H15Cl2N3O/c15-12-4-2-1-3-11(12)7-14(20,13(16)5-6-13)8-19-10-17-9-18-19/h1-4,9-10,20H,5-8H2/p+1/t14-/m1/s1. The van der Waals surface area contributed by atoms with E-state index in [1.165, 1.54) is 0 Å². The summed E-state index contributed by atoms with van der Waals surface area (Å²) in [6, 6.07) is 7.54. The monoisotopic (exact) mass is 312 g/mol. The molecule has 0 aliphatic heterocycles. The molecule has 0 unspecified atom stereocenters. The molecule has 1 aliphatic rings. The number of alkyl halides is 1. The Morgan fingerprint density at radius 2 is 2.15 bits per heavy atom. The van der Waals surface area contributed by atoms with Crippen LogP contribution in [0.5, 0.6) is 0 Å². The van der Waals surface area contributed by atoms with Gasteiger partial charge in [0.05, 0.1) is 4.87 Å². The zero-order valence-electron chi connectivity index (χ0n) is 10.9. The predicted molar refractivity (Wildman–Crippen MR) is 76.7 cm³/mol. The molecule has 0 saturated heterocycles. The van der Waals surface area contributed by atoms with Crippen molar-refractivity contribution in [1.29, 1.82) is 0 Å². The third kappa shape index (κ3) is 2.55. The number of hydrogen-bond donors (Lipinski definition) is 2. The molecule has 1 heterocycles. The maximum Gasteiger partial charge on any atom is 0.306 e. The number of rotatable bonds is 5. The van der Waals surface area contributed by atoms with Crippen molar-refractivity contribution in [2.45, 2.75) is 36.3 Å². The van der Waals surface area contributed by atoms with E-state index in [2.05, 4.69) is 10.1 Å². The average molecular weight is 313 g/mol. The smallest absolute Gasteiger partial charge is 0.306 e. The Bertz CT molecular complexity index is 598. The van der Waals surface area contributed by atoms with Gasteiger partial charge in [0, 0.05) is 11.4 Å². The third-order valence-corrected chi connectivity index (χ3v) is 5.00. The van der Waals surface area contributed by atoms with Gasteiger partial charge in [-0.3, -0.25) is 0 Å². The fraction of sp³-hybridized carbons (Fsp3) is 0.429. The molecule has 20 heavy (non-hydrogen) atoms. The molecular weight excluding hydrogens is 297 g/mol. The Morgan fingerprint density at radius 1 is 1.40 bits per heavy atom. The van der Waals surface area contributed by atoms with E-state index in [4.69, 9.17) is 23.2 Å². The summed E-state index contributed by atoms with van der Waals surface area (Å²) in [5, 5.41) is 14.7. The molecule has 1 aromatic heterocycles. The zero-order valence-corrected chi connectivity index (χ0v) is 12.4. The number of aliphatic hydroxyl groups is 1. The van der Waals surface area contributed by atoms with Gasteiger partial charge < -0.3 is 5.11 Å². The van der Waals surface area contributed by atoms with Gasteiger partial charge in [0.2, 0.25) is 6.33 Å². The topological polar surface area (TPSA) is 52.8 Å². The first-order valence-electron chi connectivity index (χ1n) is 6.55. The van der Waals surface area contributed by atoms with Gasteiger partial charge in [-0.15, -0.1) is 11.6 Å². The van der Waals surface area contributed by atoms with E-state index in [-0.39, 0.29) is 0 Å². The van der Waals surface area contributed by atoms with E-state index in [0.717, 1.165) is 18.4 Å². The highest BCUT2D eigenvalue weighted by molar-refractivity contribution is 6.31. The first-order valence-corrected chi connectivity index (χ1v) is 7.31. The summed E-state index contributed by atoms with van der Waals surface area (Å²) in [6.07, 6.45) is 5.25. The Hall–Kier alpha value is -1.10. The van der Waals surface area contributed by atoms with Crippen LogP contribution in [-0.2, 0) is 13.0 Å². The molecule has 6 heteroatoms. The summed E-state index contributed by atoms with van der Waals surface area (Å²) in [4.78, 5) is 3.38. The van der Waals surface area contributed by atoms with Crippen LogP contribution in [0.1, 0.15) is 18.4 Å².